The molecule has 2 aliphatic rings. The summed E-state index contributed by atoms with van der Waals surface area (Å²) in [5.41, 5.74) is 3.19. The van der Waals surface area contributed by atoms with Gasteiger partial charge in [0.1, 0.15) is 12.6 Å². The lowest BCUT2D eigenvalue weighted by molar-refractivity contribution is -0.139. The molecule has 46 heavy (non-hydrogen) atoms. The lowest BCUT2D eigenvalue weighted by Crippen LogP contribution is -2.39. The molecule has 0 radical (unpaired) electrons. The van der Waals surface area contributed by atoms with Crippen molar-refractivity contribution in [2.75, 3.05) is 19.7 Å². The first kappa shape index (κ1) is 30.1. The summed E-state index contributed by atoms with van der Waals surface area (Å²) in [6.45, 7) is 6.03. The zero-order chi connectivity index (χ0) is 31.8. The molecule has 1 fully saturated rings. The Morgan fingerprint density at radius 1 is 1.02 bits per heavy atom. The SMILES string of the molecule is CCOC(=O)C1=C(c2ccccc2)N=c2s/c(=C\c3cn(CC(=O)N4CCC(C)CC4)c4ccccc34)c(=O)n2[C@@H]1c1cccs1. The van der Waals surface area contributed by atoms with Crippen molar-refractivity contribution in [2.45, 2.75) is 39.3 Å². The molecule has 0 N–H and O–H groups in total. The summed E-state index contributed by atoms with van der Waals surface area (Å²) < 4.78 is 9.65. The highest BCUT2D eigenvalue weighted by molar-refractivity contribution is 7.10. The number of fused-ring (bicyclic) bond motifs is 2. The highest BCUT2D eigenvalue weighted by atomic mass is 32.1. The van der Waals surface area contributed by atoms with Crippen molar-refractivity contribution in [2.24, 2.45) is 10.9 Å². The van der Waals surface area contributed by atoms with Crippen LogP contribution in [0.1, 0.15) is 48.7 Å². The molecule has 5 heterocycles. The van der Waals surface area contributed by atoms with Crippen LogP contribution in [-0.2, 0) is 20.9 Å². The molecule has 1 amide bonds. The number of esters is 1. The van der Waals surface area contributed by atoms with Gasteiger partial charge in [-0.3, -0.25) is 14.2 Å². The standard InChI is InChI=1S/C36H34N4O4S2/c1-3-44-35(43)31-32(24-10-5-4-6-11-24)37-36-40(33(31)28-14-9-19-45-28)34(42)29(46-36)20-25-21-39(27-13-8-7-12-26(25)27)22-30(41)38-17-15-23(2)16-18-38/h4-14,19-21,23,33H,3,15-18,22H2,1-2H3/b29-20-/t33-/m1/s1. The number of amides is 1. The normalized spacial score (nSPS) is 17.3. The minimum absolute atomic E-state index is 0.106. The maximum Gasteiger partial charge on any atom is 0.338 e. The number of rotatable bonds is 7. The van der Waals surface area contributed by atoms with Crippen LogP contribution in [0.5, 0.6) is 0 Å². The van der Waals surface area contributed by atoms with Crippen LogP contribution in [0.15, 0.2) is 93.7 Å². The Balaban J connectivity index is 1.36. The quantitative estimate of drug-likeness (QED) is 0.227. The van der Waals surface area contributed by atoms with E-state index in [9.17, 15) is 14.4 Å². The van der Waals surface area contributed by atoms with Gasteiger partial charge in [-0.05, 0) is 49.3 Å². The molecule has 1 saturated heterocycles. The Labute approximate surface area is 274 Å². The molecule has 8 nitrogen and oxygen atoms in total. The number of carbonyl (C=O) groups is 2. The second-order valence-electron chi connectivity index (χ2n) is 11.7. The molecule has 0 unspecified atom stereocenters. The predicted molar refractivity (Wildman–Crippen MR) is 182 cm³/mol. The average Bonchev–Trinajstić information content (AvgIpc) is 3.80. The Kier molecular flexibility index (Phi) is 8.31. The highest BCUT2D eigenvalue weighted by Gasteiger charge is 2.35. The topological polar surface area (TPSA) is 85.9 Å². The Bertz CT molecular complexity index is 2130. The summed E-state index contributed by atoms with van der Waals surface area (Å²) in [7, 11) is 0. The number of thiazole rings is 1. The predicted octanol–water partition coefficient (Wildman–Crippen LogP) is 5.21. The van der Waals surface area contributed by atoms with Crippen LogP contribution in [0.25, 0.3) is 22.7 Å². The number of piperidine rings is 1. The Morgan fingerprint density at radius 2 is 1.78 bits per heavy atom. The van der Waals surface area contributed by atoms with Gasteiger partial charge in [-0.15, -0.1) is 11.3 Å². The molecule has 0 aliphatic carbocycles. The van der Waals surface area contributed by atoms with Gasteiger partial charge in [0.25, 0.3) is 5.56 Å². The molecule has 234 valence electrons. The van der Waals surface area contributed by atoms with Crippen LogP contribution < -0.4 is 14.9 Å². The first-order chi connectivity index (χ1) is 22.4. The van der Waals surface area contributed by atoms with E-state index in [0.29, 0.717) is 26.5 Å². The summed E-state index contributed by atoms with van der Waals surface area (Å²) in [5, 5.41) is 2.90. The summed E-state index contributed by atoms with van der Waals surface area (Å²) in [6.07, 6.45) is 5.90. The third-order valence-corrected chi connectivity index (χ3v) is 10.6. The van der Waals surface area contributed by atoms with Gasteiger partial charge in [-0.25, -0.2) is 9.79 Å². The lowest BCUT2D eigenvalue weighted by atomic mass is 9.97. The van der Waals surface area contributed by atoms with E-state index in [-0.39, 0.29) is 24.6 Å². The molecule has 2 aliphatic heterocycles. The summed E-state index contributed by atoms with van der Waals surface area (Å²) in [4.78, 5) is 49.4. The fraction of sp³-hybridized carbons (Fsp3) is 0.278. The van der Waals surface area contributed by atoms with E-state index in [1.807, 2.05) is 93.8 Å². The zero-order valence-corrected chi connectivity index (χ0v) is 27.4. The molecular weight excluding hydrogens is 617 g/mol. The fourth-order valence-electron chi connectivity index (χ4n) is 6.32. The number of hydrogen-bond acceptors (Lipinski definition) is 7. The average molecular weight is 651 g/mol. The maximum absolute atomic E-state index is 14.3. The van der Waals surface area contributed by atoms with Gasteiger partial charge in [0, 0.05) is 46.2 Å². The summed E-state index contributed by atoms with van der Waals surface area (Å²) >= 11 is 2.79. The number of aromatic nitrogens is 2. The fourth-order valence-corrected chi connectivity index (χ4v) is 8.14. The van der Waals surface area contributed by atoms with Crippen LogP contribution in [0.2, 0.25) is 0 Å². The number of hydrogen-bond donors (Lipinski definition) is 0. The molecule has 2 aromatic carbocycles. The number of ether oxygens (including phenoxy) is 1. The van der Waals surface area contributed by atoms with Gasteiger partial charge in [0.15, 0.2) is 4.80 Å². The number of benzene rings is 2. The lowest BCUT2D eigenvalue weighted by Gasteiger charge is -2.30. The van der Waals surface area contributed by atoms with Gasteiger partial charge in [0.05, 0.1) is 22.4 Å². The zero-order valence-electron chi connectivity index (χ0n) is 25.7. The van der Waals surface area contributed by atoms with Crippen LogP contribution >= 0.6 is 22.7 Å². The van der Waals surface area contributed by atoms with Crippen LogP contribution in [0.3, 0.4) is 0 Å². The molecule has 1 atom stereocenters. The third-order valence-electron chi connectivity index (χ3n) is 8.73. The van der Waals surface area contributed by atoms with E-state index < -0.39 is 12.0 Å². The van der Waals surface area contributed by atoms with Crippen LogP contribution in [0.4, 0.5) is 0 Å². The number of likely N-dealkylation sites (tertiary alicyclic amines) is 1. The van der Waals surface area contributed by atoms with E-state index in [4.69, 9.17) is 9.73 Å². The van der Waals surface area contributed by atoms with Gasteiger partial charge < -0.3 is 14.2 Å². The smallest absolute Gasteiger partial charge is 0.338 e. The van der Waals surface area contributed by atoms with Crippen LogP contribution in [-0.4, -0.2) is 45.6 Å². The van der Waals surface area contributed by atoms with Crippen molar-refractivity contribution in [1.82, 2.24) is 14.0 Å². The van der Waals surface area contributed by atoms with E-state index in [1.54, 1.807) is 11.5 Å². The molecule has 3 aromatic heterocycles. The molecule has 7 rings (SSSR count). The Morgan fingerprint density at radius 3 is 2.52 bits per heavy atom. The molecular formula is C36H34N4O4S2. The van der Waals surface area contributed by atoms with Gasteiger partial charge >= 0.3 is 5.97 Å². The molecule has 0 saturated carbocycles. The van der Waals surface area contributed by atoms with Crippen molar-refractivity contribution in [3.8, 4) is 0 Å². The van der Waals surface area contributed by atoms with Crippen LogP contribution in [0, 0.1) is 5.92 Å². The summed E-state index contributed by atoms with van der Waals surface area (Å²) in [6, 6.07) is 20.7. The van der Waals surface area contributed by atoms with Crippen molar-refractivity contribution in [3.63, 3.8) is 0 Å². The number of para-hydroxylation sites is 1. The molecule has 0 spiro atoms. The monoisotopic (exact) mass is 650 g/mol. The van der Waals surface area contributed by atoms with Crippen molar-refractivity contribution in [1.29, 1.82) is 0 Å². The third kappa shape index (κ3) is 5.56. The van der Waals surface area contributed by atoms with E-state index >= 15 is 0 Å². The molecule has 5 aromatic rings. The van der Waals surface area contributed by atoms with Gasteiger partial charge in [-0.1, -0.05) is 72.9 Å². The van der Waals surface area contributed by atoms with Gasteiger partial charge in [-0.2, -0.15) is 0 Å². The Hall–Kier alpha value is -4.54. The van der Waals surface area contributed by atoms with E-state index in [0.717, 1.165) is 52.8 Å². The maximum atomic E-state index is 14.3. The number of nitrogens with zero attached hydrogens (tertiary/aromatic N) is 4. The van der Waals surface area contributed by atoms with E-state index in [1.165, 1.54) is 22.7 Å². The number of carbonyl (C=O) groups excluding carboxylic acids is 2. The second kappa shape index (κ2) is 12.7. The van der Waals surface area contributed by atoms with E-state index in [2.05, 4.69) is 6.92 Å². The molecule has 10 heteroatoms. The van der Waals surface area contributed by atoms with Crippen molar-refractivity contribution >= 4 is 57.2 Å². The van der Waals surface area contributed by atoms with Crippen molar-refractivity contribution < 1.29 is 14.3 Å². The summed E-state index contributed by atoms with van der Waals surface area (Å²) in [5.74, 6) is 0.259. The first-order valence-corrected chi connectivity index (χ1v) is 17.3. The minimum atomic E-state index is -0.682. The minimum Gasteiger partial charge on any atom is -0.463 e. The number of thiophene rings is 1. The van der Waals surface area contributed by atoms with Gasteiger partial charge in [0.2, 0.25) is 5.91 Å². The highest BCUT2D eigenvalue weighted by Crippen LogP contribution is 2.37. The van der Waals surface area contributed by atoms with Crippen molar-refractivity contribution in [3.05, 3.63) is 120 Å². The molecule has 0 bridgehead atoms. The first-order valence-electron chi connectivity index (χ1n) is 15.6. The second-order valence-corrected chi connectivity index (χ2v) is 13.7. The largest absolute Gasteiger partial charge is 0.463 e.